The van der Waals surface area contributed by atoms with E-state index in [0.29, 0.717) is 10.6 Å². The van der Waals surface area contributed by atoms with Crippen molar-refractivity contribution in [2.24, 2.45) is 0 Å². The van der Waals surface area contributed by atoms with Crippen molar-refractivity contribution < 1.29 is 14.4 Å². The van der Waals surface area contributed by atoms with E-state index in [1.165, 1.54) is 0 Å². The lowest BCUT2D eigenvalue weighted by Gasteiger charge is -2.12. The summed E-state index contributed by atoms with van der Waals surface area (Å²) >= 11 is 0.834. The van der Waals surface area contributed by atoms with Crippen LogP contribution in [0.25, 0.3) is 6.08 Å². The molecule has 6 nitrogen and oxygen atoms in total. The molecular weight excluding hydrogens is 398 g/mol. The number of nitrogens with one attached hydrogen (secondary N) is 1. The Labute approximate surface area is 180 Å². The molecule has 0 radical (unpaired) electrons. The second kappa shape index (κ2) is 9.45. The third-order valence-corrected chi connectivity index (χ3v) is 5.38. The smallest absolute Gasteiger partial charge is 0.294 e. The summed E-state index contributed by atoms with van der Waals surface area (Å²) < 4.78 is 0. The highest BCUT2D eigenvalue weighted by atomic mass is 32.2. The van der Waals surface area contributed by atoms with Crippen LogP contribution in [-0.2, 0) is 9.59 Å². The lowest BCUT2D eigenvalue weighted by Crippen LogP contribution is -2.36. The van der Waals surface area contributed by atoms with Gasteiger partial charge in [-0.2, -0.15) is 0 Å². The topological polar surface area (TPSA) is 69.7 Å². The Morgan fingerprint density at radius 3 is 2.37 bits per heavy atom. The summed E-state index contributed by atoms with van der Waals surface area (Å²) in [5.74, 6) is -0.879. The van der Waals surface area contributed by atoms with Crippen molar-refractivity contribution in [3.05, 3.63) is 76.7 Å². The maximum atomic E-state index is 12.5. The van der Waals surface area contributed by atoms with Crippen molar-refractivity contribution in [3.8, 4) is 0 Å². The van der Waals surface area contributed by atoms with Crippen LogP contribution in [0.5, 0.6) is 0 Å². The summed E-state index contributed by atoms with van der Waals surface area (Å²) in [6.45, 7) is 1.64. The number of anilines is 2. The molecule has 0 bridgehead atoms. The molecule has 0 spiro atoms. The van der Waals surface area contributed by atoms with Gasteiger partial charge < -0.3 is 10.2 Å². The number of imide groups is 1. The van der Waals surface area contributed by atoms with E-state index in [0.717, 1.165) is 33.5 Å². The number of carbonyl (C=O) groups is 3. The predicted octanol–water partition coefficient (Wildman–Crippen LogP) is 4.29. The van der Waals surface area contributed by atoms with E-state index in [-0.39, 0.29) is 6.54 Å². The van der Waals surface area contributed by atoms with E-state index in [1.807, 2.05) is 68.4 Å². The molecule has 0 aliphatic carbocycles. The minimum atomic E-state index is -0.461. The molecule has 154 valence electrons. The van der Waals surface area contributed by atoms with Crippen molar-refractivity contribution in [1.82, 2.24) is 4.90 Å². The molecule has 3 amide bonds. The Morgan fingerprint density at radius 1 is 1.07 bits per heavy atom. The Kier molecular flexibility index (Phi) is 6.74. The molecule has 0 aromatic heterocycles. The van der Waals surface area contributed by atoms with E-state index in [1.54, 1.807) is 24.3 Å². The first-order chi connectivity index (χ1) is 14.3. The van der Waals surface area contributed by atoms with Gasteiger partial charge in [0.2, 0.25) is 5.91 Å². The first kappa shape index (κ1) is 21.4. The minimum absolute atomic E-state index is 0.296. The average Bonchev–Trinajstić information content (AvgIpc) is 2.97. The number of amides is 3. The van der Waals surface area contributed by atoms with Crippen LogP contribution in [0.1, 0.15) is 11.1 Å². The molecule has 30 heavy (non-hydrogen) atoms. The zero-order chi connectivity index (χ0) is 21.7. The number of rotatable bonds is 6. The van der Waals surface area contributed by atoms with Crippen LogP contribution in [0.2, 0.25) is 0 Å². The molecule has 0 atom stereocenters. The SMILES string of the molecule is Cc1ccc(NC(=O)CN2C(=O)S/C(=C\C=C\c3ccc(N(C)C)cc3)C2=O)cc1. The number of allylic oxidation sites excluding steroid dienone is 2. The van der Waals surface area contributed by atoms with E-state index in [9.17, 15) is 14.4 Å². The Balaban J connectivity index is 1.60. The van der Waals surface area contributed by atoms with Gasteiger partial charge in [0, 0.05) is 25.5 Å². The van der Waals surface area contributed by atoms with Gasteiger partial charge in [0.05, 0.1) is 4.91 Å². The lowest BCUT2D eigenvalue weighted by atomic mass is 10.2. The molecule has 1 N–H and O–H groups in total. The molecule has 0 unspecified atom stereocenters. The minimum Gasteiger partial charge on any atom is -0.378 e. The molecule has 1 saturated heterocycles. The zero-order valence-corrected chi connectivity index (χ0v) is 17.9. The van der Waals surface area contributed by atoms with Crippen molar-refractivity contribution >= 4 is 46.3 Å². The number of hydrogen-bond donors (Lipinski definition) is 1. The van der Waals surface area contributed by atoms with Crippen molar-refractivity contribution in [2.45, 2.75) is 6.92 Å². The molecule has 1 aliphatic rings. The first-order valence-electron chi connectivity index (χ1n) is 9.39. The molecule has 2 aromatic rings. The number of aryl methyl sites for hydroxylation is 1. The first-order valence-corrected chi connectivity index (χ1v) is 10.2. The van der Waals surface area contributed by atoms with Gasteiger partial charge >= 0.3 is 0 Å². The third kappa shape index (κ3) is 5.39. The van der Waals surface area contributed by atoms with Crippen molar-refractivity contribution in [3.63, 3.8) is 0 Å². The number of thioether (sulfide) groups is 1. The van der Waals surface area contributed by atoms with Crippen LogP contribution in [0.3, 0.4) is 0 Å². The summed E-state index contributed by atoms with van der Waals surface area (Å²) in [5.41, 5.74) is 3.77. The highest BCUT2D eigenvalue weighted by Gasteiger charge is 2.35. The lowest BCUT2D eigenvalue weighted by molar-refractivity contribution is -0.127. The molecule has 0 saturated carbocycles. The fourth-order valence-corrected chi connectivity index (χ4v) is 3.55. The summed E-state index contributed by atoms with van der Waals surface area (Å²) in [4.78, 5) is 40.2. The van der Waals surface area contributed by atoms with Gasteiger partial charge in [-0.3, -0.25) is 19.3 Å². The molecule has 3 rings (SSSR count). The highest BCUT2D eigenvalue weighted by Crippen LogP contribution is 2.30. The maximum Gasteiger partial charge on any atom is 0.294 e. The number of nitrogens with zero attached hydrogens (tertiary/aromatic N) is 2. The fourth-order valence-electron chi connectivity index (χ4n) is 2.76. The molecule has 1 aliphatic heterocycles. The summed E-state index contributed by atoms with van der Waals surface area (Å²) in [6.07, 6.45) is 5.19. The van der Waals surface area contributed by atoms with Crippen LogP contribution >= 0.6 is 11.8 Å². The van der Waals surface area contributed by atoms with E-state index < -0.39 is 17.1 Å². The van der Waals surface area contributed by atoms with Gasteiger partial charge in [-0.25, -0.2) is 0 Å². The van der Waals surface area contributed by atoms with E-state index in [2.05, 4.69) is 5.32 Å². The highest BCUT2D eigenvalue weighted by molar-refractivity contribution is 8.18. The van der Waals surface area contributed by atoms with Gasteiger partial charge in [-0.1, -0.05) is 42.0 Å². The van der Waals surface area contributed by atoms with Gasteiger partial charge in [-0.15, -0.1) is 0 Å². The van der Waals surface area contributed by atoms with Crippen LogP contribution < -0.4 is 10.2 Å². The summed E-state index contributed by atoms with van der Waals surface area (Å²) in [5, 5.41) is 2.25. The molecule has 7 heteroatoms. The zero-order valence-electron chi connectivity index (χ0n) is 17.1. The van der Waals surface area contributed by atoms with E-state index in [4.69, 9.17) is 0 Å². The molecule has 2 aromatic carbocycles. The Morgan fingerprint density at radius 2 is 1.73 bits per heavy atom. The second-order valence-electron chi connectivity index (χ2n) is 7.05. The normalized spacial score (nSPS) is 15.3. The average molecular weight is 422 g/mol. The van der Waals surface area contributed by atoms with Crippen molar-refractivity contribution in [2.75, 3.05) is 30.9 Å². The Bertz CT molecular complexity index is 1010. The second-order valence-corrected chi connectivity index (χ2v) is 8.04. The summed E-state index contributed by atoms with van der Waals surface area (Å²) in [6, 6.07) is 15.2. The van der Waals surface area contributed by atoms with E-state index >= 15 is 0 Å². The van der Waals surface area contributed by atoms with Crippen molar-refractivity contribution in [1.29, 1.82) is 0 Å². The van der Waals surface area contributed by atoms with Gasteiger partial charge in [0.1, 0.15) is 6.54 Å². The van der Waals surface area contributed by atoms with Gasteiger partial charge in [0.25, 0.3) is 11.1 Å². The van der Waals surface area contributed by atoms with Gasteiger partial charge in [0.15, 0.2) is 0 Å². The quantitative estimate of drug-likeness (QED) is 0.705. The molecular formula is C23H23N3O3S. The monoisotopic (exact) mass is 421 g/mol. The number of benzene rings is 2. The van der Waals surface area contributed by atoms with Crippen LogP contribution in [0.4, 0.5) is 16.2 Å². The van der Waals surface area contributed by atoms with Gasteiger partial charge in [-0.05, 0) is 54.6 Å². The van der Waals surface area contributed by atoms with Crippen LogP contribution in [0.15, 0.2) is 65.6 Å². The maximum absolute atomic E-state index is 12.5. The predicted molar refractivity (Wildman–Crippen MR) is 122 cm³/mol. The third-order valence-electron chi connectivity index (χ3n) is 4.46. The van der Waals surface area contributed by atoms with Crippen LogP contribution in [-0.4, -0.2) is 42.6 Å². The Hall–Kier alpha value is -3.32. The number of carbonyl (C=O) groups excluding carboxylic acids is 3. The largest absolute Gasteiger partial charge is 0.378 e. The van der Waals surface area contributed by atoms with Crippen LogP contribution in [0, 0.1) is 6.92 Å². The fraction of sp³-hybridized carbons (Fsp3) is 0.174. The molecule has 1 fully saturated rings. The standard InChI is InChI=1S/C23H23N3O3S/c1-16-7-11-18(12-8-16)24-21(27)15-26-22(28)20(30-23(26)29)6-4-5-17-9-13-19(14-10-17)25(2)3/h4-14H,15H2,1-3H3,(H,24,27)/b5-4+,20-6-. The molecule has 1 heterocycles. The number of hydrogen-bond acceptors (Lipinski definition) is 5. The summed E-state index contributed by atoms with van der Waals surface area (Å²) in [7, 11) is 3.95.